The number of methoxy groups -OCH3 is 1. The van der Waals surface area contributed by atoms with Gasteiger partial charge in [-0.1, -0.05) is 36.0 Å². The van der Waals surface area contributed by atoms with E-state index < -0.39 is 34.7 Å². The van der Waals surface area contributed by atoms with Crippen LogP contribution in [0.5, 0.6) is 0 Å². The Bertz CT molecular complexity index is 828. The van der Waals surface area contributed by atoms with Crippen molar-refractivity contribution in [2.24, 2.45) is 0 Å². The minimum Gasteiger partial charge on any atom is -0.467 e. The van der Waals surface area contributed by atoms with Gasteiger partial charge in [0.05, 0.1) is 18.2 Å². The molecule has 1 unspecified atom stereocenters. The lowest BCUT2D eigenvalue weighted by molar-refractivity contribution is -0.142. The lowest BCUT2D eigenvalue weighted by Crippen LogP contribution is -2.43. The number of nitrogens with one attached hydrogen (secondary N) is 1. The Morgan fingerprint density at radius 3 is 2.08 bits per heavy atom. The number of benzene rings is 2. The summed E-state index contributed by atoms with van der Waals surface area (Å²) < 4.78 is 31.9. The van der Waals surface area contributed by atoms with E-state index in [0.29, 0.717) is 11.8 Å². The molecule has 2 aromatic carbocycles. The van der Waals surface area contributed by atoms with Crippen LogP contribution in [0.4, 0.5) is 8.78 Å². The van der Waals surface area contributed by atoms with Crippen LogP contribution >= 0.6 is 11.8 Å². The van der Waals surface area contributed by atoms with Crippen molar-refractivity contribution < 1.29 is 27.9 Å². The fourth-order valence-electron chi connectivity index (χ4n) is 2.06. The maximum absolute atomic E-state index is 13.7. The maximum Gasteiger partial charge on any atom is 0.329 e. The Kier molecular flexibility index (Phi) is 6.85. The molecule has 0 heterocycles. The van der Waals surface area contributed by atoms with Crippen molar-refractivity contribution in [3.63, 3.8) is 0 Å². The van der Waals surface area contributed by atoms with Gasteiger partial charge in [-0.25, -0.2) is 13.6 Å². The number of esters is 1. The fourth-order valence-corrected chi connectivity index (χ4v) is 2.91. The van der Waals surface area contributed by atoms with Crippen LogP contribution in [-0.4, -0.2) is 35.9 Å². The van der Waals surface area contributed by atoms with E-state index in [1.165, 1.54) is 36.4 Å². The van der Waals surface area contributed by atoms with Gasteiger partial charge in [0, 0.05) is 5.75 Å². The number of rotatable bonds is 6. The van der Waals surface area contributed by atoms with Gasteiger partial charge in [0.25, 0.3) is 5.91 Å². The van der Waals surface area contributed by atoms with E-state index in [-0.39, 0.29) is 16.9 Å². The van der Waals surface area contributed by atoms with E-state index in [2.05, 4.69) is 10.1 Å². The first-order valence-corrected chi connectivity index (χ1v) is 8.47. The molecular formula is C18H15F2NO4S. The fraction of sp³-hybridized carbons (Fsp3) is 0.167. The minimum atomic E-state index is -1.20. The standard InChI is InChI=1S/C18H15F2NO4S/c1-25-17(23)15(21-16(22)11-6-2-4-8-13(11)19)10-26-18(24)12-7-3-5-9-14(12)20/h2-9,15H,10H2,1H3,(H,21,22). The molecule has 136 valence electrons. The zero-order valence-electron chi connectivity index (χ0n) is 13.7. The molecule has 0 bridgehead atoms. The molecule has 8 heteroatoms. The van der Waals surface area contributed by atoms with Crippen molar-refractivity contribution in [1.29, 1.82) is 0 Å². The van der Waals surface area contributed by atoms with Crippen LogP contribution in [-0.2, 0) is 9.53 Å². The largest absolute Gasteiger partial charge is 0.467 e. The number of amides is 1. The zero-order chi connectivity index (χ0) is 19.1. The summed E-state index contributed by atoms with van der Waals surface area (Å²) in [6.45, 7) is 0. The monoisotopic (exact) mass is 379 g/mol. The summed E-state index contributed by atoms with van der Waals surface area (Å²) in [4.78, 5) is 36.1. The van der Waals surface area contributed by atoms with Crippen LogP contribution < -0.4 is 5.32 Å². The van der Waals surface area contributed by atoms with Crippen molar-refractivity contribution in [2.45, 2.75) is 6.04 Å². The summed E-state index contributed by atoms with van der Waals surface area (Å²) in [6, 6.07) is 9.48. The second-order valence-corrected chi connectivity index (χ2v) is 6.10. The second kappa shape index (κ2) is 9.10. The highest BCUT2D eigenvalue weighted by Gasteiger charge is 2.25. The first-order chi connectivity index (χ1) is 12.4. The van der Waals surface area contributed by atoms with Gasteiger partial charge in [-0.15, -0.1) is 0 Å². The van der Waals surface area contributed by atoms with E-state index in [4.69, 9.17) is 0 Å². The normalized spacial score (nSPS) is 11.5. The van der Waals surface area contributed by atoms with Crippen molar-refractivity contribution in [2.75, 3.05) is 12.9 Å². The number of carbonyl (C=O) groups is 3. The first-order valence-electron chi connectivity index (χ1n) is 7.49. The van der Waals surface area contributed by atoms with Crippen LogP contribution in [0.15, 0.2) is 48.5 Å². The third-order valence-corrected chi connectivity index (χ3v) is 4.37. The molecule has 0 aromatic heterocycles. The number of hydrogen-bond acceptors (Lipinski definition) is 5. The van der Waals surface area contributed by atoms with Gasteiger partial charge in [-0.2, -0.15) is 0 Å². The number of halogens is 2. The van der Waals surface area contributed by atoms with Crippen LogP contribution in [0.1, 0.15) is 20.7 Å². The van der Waals surface area contributed by atoms with Gasteiger partial charge in [0.1, 0.15) is 17.7 Å². The molecule has 0 aliphatic rings. The molecule has 1 amide bonds. The maximum atomic E-state index is 13.7. The molecule has 0 radical (unpaired) electrons. The van der Waals surface area contributed by atoms with Crippen LogP contribution in [0.3, 0.4) is 0 Å². The summed E-state index contributed by atoms with van der Waals surface area (Å²) in [7, 11) is 1.12. The molecule has 26 heavy (non-hydrogen) atoms. The summed E-state index contributed by atoms with van der Waals surface area (Å²) in [5.41, 5.74) is -0.381. The molecular weight excluding hydrogens is 364 g/mol. The molecule has 2 rings (SSSR count). The molecule has 1 atom stereocenters. The summed E-state index contributed by atoms with van der Waals surface area (Å²) in [5, 5.41) is 1.73. The molecule has 0 fully saturated rings. The Balaban J connectivity index is 2.07. The summed E-state index contributed by atoms with van der Waals surface area (Å²) >= 11 is 0.649. The minimum absolute atomic E-state index is 0.137. The quantitative estimate of drug-likeness (QED) is 0.782. The third kappa shape index (κ3) is 4.89. The van der Waals surface area contributed by atoms with Crippen molar-refractivity contribution >= 4 is 28.8 Å². The Labute approximate surface area is 152 Å². The zero-order valence-corrected chi connectivity index (χ0v) is 14.5. The highest BCUT2D eigenvalue weighted by atomic mass is 32.2. The smallest absolute Gasteiger partial charge is 0.329 e. The number of hydrogen-bond donors (Lipinski definition) is 1. The molecule has 0 aliphatic carbocycles. The lowest BCUT2D eigenvalue weighted by atomic mass is 10.2. The van der Waals surface area contributed by atoms with Crippen LogP contribution in [0, 0.1) is 11.6 Å². The molecule has 0 aliphatic heterocycles. The van der Waals surface area contributed by atoms with E-state index in [1.54, 1.807) is 0 Å². The Morgan fingerprint density at radius 2 is 1.54 bits per heavy atom. The average Bonchev–Trinajstić information content (AvgIpc) is 2.64. The molecule has 1 N–H and O–H groups in total. The van der Waals surface area contributed by atoms with Gasteiger partial charge in [0.2, 0.25) is 5.12 Å². The van der Waals surface area contributed by atoms with E-state index >= 15 is 0 Å². The predicted molar refractivity (Wildman–Crippen MR) is 92.9 cm³/mol. The highest BCUT2D eigenvalue weighted by Crippen LogP contribution is 2.17. The number of carbonyl (C=O) groups excluding carboxylic acids is 3. The summed E-state index contributed by atoms with van der Waals surface area (Å²) in [6.07, 6.45) is 0. The topological polar surface area (TPSA) is 72.5 Å². The van der Waals surface area contributed by atoms with Crippen molar-refractivity contribution in [3.05, 3.63) is 71.3 Å². The van der Waals surface area contributed by atoms with Crippen LogP contribution in [0.2, 0.25) is 0 Å². The molecule has 0 saturated carbocycles. The molecule has 2 aromatic rings. The third-order valence-electron chi connectivity index (χ3n) is 3.38. The molecule has 0 saturated heterocycles. The SMILES string of the molecule is COC(=O)C(CSC(=O)c1ccccc1F)NC(=O)c1ccccc1F. The number of thioether (sulfide) groups is 1. The lowest BCUT2D eigenvalue weighted by Gasteiger charge is -2.16. The molecule has 0 spiro atoms. The van der Waals surface area contributed by atoms with Gasteiger partial charge in [0.15, 0.2) is 0 Å². The van der Waals surface area contributed by atoms with Gasteiger partial charge in [-0.3, -0.25) is 9.59 Å². The number of ether oxygens (including phenoxy) is 1. The van der Waals surface area contributed by atoms with Crippen molar-refractivity contribution in [1.82, 2.24) is 5.32 Å². The Hall–Kier alpha value is -2.74. The predicted octanol–water partition coefficient (Wildman–Crippen LogP) is 2.81. The van der Waals surface area contributed by atoms with Crippen molar-refractivity contribution in [3.8, 4) is 0 Å². The second-order valence-electron chi connectivity index (χ2n) is 5.11. The van der Waals surface area contributed by atoms with E-state index in [9.17, 15) is 23.2 Å². The van der Waals surface area contributed by atoms with Gasteiger partial charge < -0.3 is 10.1 Å². The summed E-state index contributed by atoms with van der Waals surface area (Å²) in [5.74, 6) is -3.25. The molecule has 5 nitrogen and oxygen atoms in total. The van der Waals surface area contributed by atoms with Gasteiger partial charge >= 0.3 is 5.97 Å². The van der Waals surface area contributed by atoms with Crippen LogP contribution in [0.25, 0.3) is 0 Å². The highest BCUT2D eigenvalue weighted by molar-refractivity contribution is 8.14. The Morgan fingerprint density at radius 1 is 1.00 bits per heavy atom. The first kappa shape index (κ1) is 19.6. The van der Waals surface area contributed by atoms with Gasteiger partial charge in [-0.05, 0) is 24.3 Å². The average molecular weight is 379 g/mol. The van der Waals surface area contributed by atoms with E-state index in [0.717, 1.165) is 19.2 Å². The van der Waals surface area contributed by atoms with E-state index in [1.807, 2.05) is 0 Å².